The predicted molar refractivity (Wildman–Crippen MR) is 54.7 cm³/mol. The summed E-state index contributed by atoms with van der Waals surface area (Å²) in [5, 5.41) is 6.37. The van der Waals surface area contributed by atoms with Gasteiger partial charge >= 0.3 is 0 Å². The van der Waals surface area contributed by atoms with E-state index in [4.69, 9.17) is 5.73 Å². The van der Waals surface area contributed by atoms with Crippen LogP contribution in [0.1, 0.15) is 25.5 Å². The number of aryl methyl sites for hydroxylation is 1. The number of hydrogen-bond donors (Lipinski definition) is 2. The van der Waals surface area contributed by atoms with Crippen molar-refractivity contribution >= 4 is 15.7 Å². The summed E-state index contributed by atoms with van der Waals surface area (Å²) in [6, 6.07) is 0. The van der Waals surface area contributed by atoms with E-state index in [9.17, 15) is 8.42 Å². The van der Waals surface area contributed by atoms with E-state index in [-0.39, 0.29) is 10.7 Å². The number of nitrogen functional groups attached to an aromatic ring is 1. The fourth-order valence-corrected chi connectivity index (χ4v) is 2.34. The average Bonchev–Trinajstić information content (AvgIpc) is 2.42. The van der Waals surface area contributed by atoms with Crippen molar-refractivity contribution in [3.8, 4) is 0 Å². The van der Waals surface area contributed by atoms with Crippen LogP contribution >= 0.6 is 0 Å². The molecule has 0 spiro atoms. The molecule has 1 rings (SSSR count). The molecule has 80 valence electrons. The first-order chi connectivity index (χ1) is 6.46. The summed E-state index contributed by atoms with van der Waals surface area (Å²) in [7, 11) is -3.27. The van der Waals surface area contributed by atoms with Gasteiger partial charge in [0, 0.05) is 6.26 Å². The van der Waals surface area contributed by atoms with Gasteiger partial charge in [0.2, 0.25) is 0 Å². The summed E-state index contributed by atoms with van der Waals surface area (Å²) >= 11 is 0. The molecule has 5 nitrogen and oxygen atoms in total. The van der Waals surface area contributed by atoms with E-state index in [2.05, 4.69) is 10.2 Å². The van der Waals surface area contributed by atoms with Crippen LogP contribution in [0.4, 0.5) is 5.82 Å². The van der Waals surface area contributed by atoms with Crippen LogP contribution in [0.5, 0.6) is 0 Å². The van der Waals surface area contributed by atoms with Gasteiger partial charge in [-0.3, -0.25) is 5.10 Å². The molecule has 1 aromatic rings. The first-order valence-corrected chi connectivity index (χ1v) is 6.38. The van der Waals surface area contributed by atoms with Gasteiger partial charge in [0.1, 0.15) is 4.90 Å². The Bertz CT molecular complexity index is 408. The van der Waals surface area contributed by atoms with Crippen molar-refractivity contribution in [3.63, 3.8) is 0 Å². The van der Waals surface area contributed by atoms with E-state index < -0.39 is 9.84 Å². The SMILES string of the molecule is CCCCc1[nH]nc(N)c1S(C)(=O)=O. The molecule has 1 aromatic heterocycles. The van der Waals surface area contributed by atoms with Crippen molar-refractivity contribution in [2.24, 2.45) is 0 Å². The standard InChI is InChI=1S/C8H15N3O2S/c1-3-4-5-6-7(14(2,12)13)8(9)11-10-6/h3-5H2,1-2H3,(H3,9,10,11). The van der Waals surface area contributed by atoms with Crippen molar-refractivity contribution in [1.29, 1.82) is 0 Å². The highest BCUT2D eigenvalue weighted by Gasteiger charge is 2.19. The third-order valence-electron chi connectivity index (χ3n) is 1.97. The summed E-state index contributed by atoms with van der Waals surface area (Å²) in [4.78, 5) is 0.158. The molecule has 0 radical (unpaired) electrons. The number of H-pyrrole nitrogens is 1. The fourth-order valence-electron chi connectivity index (χ4n) is 1.32. The second-order valence-corrected chi connectivity index (χ2v) is 5.24. The molecule has 0 saturated carbocycles. The van der Waals surface area contributed by atoms with Gasteiger partial charge in [-0.05, 0) is 12.8 Å². The lowest BCUT2D eigenvalue weighted by Gasteiger charge is -2.00. The zero-order valence-electron chi connectivity index (χ0n) is 8.37. The Hall–Kier alpha value is -1.04. The number of unbranched alkanes of at least 4 members (excludes halogenated alkanes) is 1. The number of anilines is 1. The van der Waals surface area contributed by atoms with Gasteiger partial charge < -0.3 is 5.73 Å². The monoisotopic (exact) mass is 217 g/mol. The van der Waals surface area contributed by atoms with E-state index in [0.29, 0.717) is 12.1 Å². The number of sulfone groups is 1. The minimum Gasteiger partial charge on any atom is -0.381 e. The summed E-state index contributed by atoms with van der Waals surface area (Å²) in [6.45, 7) is 2.04. The summed E-state index contributed by atoms with van der Waals surface area (Å²) in [5.41, 5.74) is 6.10. The van der Waals surface area contributed by atoms with Crippen LogP contribution in [0.2, 0.25) is 0 Å². The van der Waals surface area contributed by atoms with Crippen LogP contribution in [0.15, 0.2) is 4.90 Å². The third-order valence-corrected chi connectivity index (χ3v) is 3.17. The molecule has 0 bridgehead atoms. The highest BCUT2D eigenvalue weighted by molar-refractivity contribution is 7.91. The lowest BCUT2D eigenvalue weighted by Crippen LogP contribution is -2.03. The second-order valence-electron chi connectivity index (χ2n) is 3.29. The molecule has 0 saturated heterocycles. The minimum atomic E-state index is -3.27. The minimum absolute atomic E-state index is 0.0682. The molecular formula is C8H15N3O2S. The summed E-state index contributed by atoms with van der Waals surface area (Å²) < 4.78 is 22.7. The van der Waals surface area contributed by atoms with Gasteiger partial charge in [-0.25, -0.2) is 8.42 Å². The summed E-state index contributed by atoms with van der Waals surface area (Å²) in [5.74, 6) is 0.0682. The lowest BCUT2D eigenvalue weighted by molar-refractivity contribution is 0.600. The van der Waals surface area contributed by atoms with Crippen LogP contribution in [0.25, 0.3) is 0 Å². The first kappa shape index (κ1) is 11.0. The van der Waals surface area contributed by atoms with Gasteiger partial charge in [-0.1, -0.05) is 13.3 Å². The lowest BCUT2D eigenvalue weighted by atomic mass is 10.2. The molecule has 0 aliphatic carbocycles. The number of nitrogens with two attached hydrogens (primary N) is 1. The molecule has 14 heavy (non-hydrogen) atoms. The van der Waals surface area contributed by atoms with Crippen molar-refractivity contribution in [2.45, 2.75) is 31.1 Å². The quantitative estimate of drug-likeness (QED) is 0.778. The first-order valence-electron chi connectivity index (χ1n) is 4.49. The maximum atomic E-state index is 11.4. The molecule has 0 aliphatic rings. The smallest absolute Gasteiger partial charge is 0.181 e. The average molecular weight is 217 g/mol. The van der Waals surface area contributed by atoms with Crippen molar-refractivity contribution in [2.75, 3.05) is 12.0 Å². The number of hydrogen-bond acceptors (Lipinski definition) is 4. The van der Waals surface area contributed by atoms with Crippen LogP contribution in [-0.4, -0.2) is 24.9 Å². The van der Waals surface area contributed by atoms with Crippen molar-refractivity contribution in [1.82, 2.24) is 10.2 Å². The van der Waals surface area contributed by atoms with Gasteiger partial charge in [0.15, 0.2) is 15.7 Å². The number of nitrogens with zero attached hydrogens (tertiary/aromatic N) is 1. The van der Waals surface area contributed by atoms with E-state index in [0.717, 1.165) is 19.1 Å². The fraction of sp³-hybridized carbons (Fsp3) is 0.625. The normalized spacial score (nSPS) is 11.9. The van der Waals surface area contributed by atoms with Crippen molar-refractivity contribution < 1.29 is 8.42 Å². The number of nitrogens with one attached hydrogen (secondary N) is 1. The molecule has 0 unspecified atom stereocenters. The molecule has 1 heterocycles. The molecule has 0 fully saturated rings. The van der Waals surface area contributed by atoms with Gasteiger partial charge in [-0.2, -0.15) is 5.10 Å². The summed E-state index contributed by atoms with van der Waals surface area (Å²) in [6.07, 6.45) is 3.74. The Balaban J connectivity index is 3.07. The molecule has 0 atom stereocenters. The van der Waals surface area contributed by atoms with E-state index >= 15 is 0 Å². The number of aromatic nitrogens is 2. The van der Waals surface area contributed by atoms with Crippen LogP contribution in [-0.2, 0) is 16.3 Å². The van der Waals surface area contributed by atoms with Crippen molar-refractivity contribution in [3.05, 3.63) is 5.69 Å². The van der Waals surface area contributed by atoms with Crippen LogP contribution in [0, 0.1) is 0 Å². The zero-order chi connectivity index (χ0) is 10.8. The third kappa shape index (κ3) is 2.25. The number of rotatable bonds is 4. The second kappa shape index (κ2) is 4.00. The molecule has 6 heteroatoms. The van der Waals surface area contributed by atoms with E-state index in [1.54, 1.807) is 0 Å². The highest BCUT2D eigenvalue weighted by Crippen LogP contribution is 2.21. The Labute approximate surface area is 83.6 Å². The zero-order valence-corrected chi connectivity index (χ0v) is 9.19. The largest absolute Gasteiger partial charge is 0.381 e. The Kier molecular flexibility index (Phi) is 3.15. The number of aromatic amines is 1. The Morgan fingerprint density at radius 1 is 1.50 bits per heavy atom. The molecular weight excluding hydrogens is 202 g/mol. The Morgan fingerprint density at radius 3 is 2.64 bits per heavy atom. The van der Waals surface area contributed by atoms with E-state index in [1.807, 2.05) is 6.92 Å². The van der Waals surface area contributed by atoms with Gasteiger partial charge in [0.25, 0.3) is 0 Å². The predicted octanol–water partition coefficient (Wildman–Crippen LogP) is 0.738. The van der Waals surface area contributed by atoms with Crippen LogP contribution in [0.3, 0.4) is 0 Å². The van der Waals surface area contributed by atoms with Gasteiger partial charge in [-0.15, -0.1) is 0 Å². The molecule has 0 aliphatic heterocycles. The maximum absolute atomic E-state index is 11.4. The molecule has 0 aromatic carbocycles. The molecule has 0 amide bonds. The van der Waals surface area contributed by atoms with Gasteiger partial charge in [0.05, 0.1) is 5.69 Å². The Morgan fingerprint density at radius 2 is 2.14 bits per heavy atom. The molecule has 3 N–H and O–H groups in total. The highest BCUT2D eigenvalue weighted by atomic mass is 32.2. The van der Waals surface area contributed by atoms with Crippen LogP contribution < -0.4 is 5.73 Å². The topological polar surface area (TPSA) is 88.8 Å². The van der Waals surface area contributed by atoms with E-state index in [1.165, 1.54) is 0 Å². The maximum Gasteiger partial charge on any atom is 0.181 e.